The van der Waals surface area contributed by atoms with Gasteiger partial charge in [0.2, 0.25) is 0 Å². The Hall–Kier alpha value is -1.14. The van der Waals surface area contributed by atoms with Crippen LogP contribution in [0.1, 0.15) is 52.1 Å². The minimum absolute atomic E-state index is 0.0150. The Balaban J connectivity index is 1.64. The second-order valence-electron chi connectivity index (χ2n) is 6.80. The highest BCUT2D eigenvalue weighted by atomic mass is 32.1. The molecule has 1 aliphatic heterocycles. The van der Waals surface area contributed by atoms with E-state index in [1.165, 1.54) is 0 Å². The molecular weight excluding hydrogens is 308 g/mol. The van der Waals surface area contributed by atoms with Crippen LogP contribution in [-0.4, -0.2) is 41.1 Å². The maximum absolute atomic E-state index is 12.1. The Kier molecular flexibility index (Phi) is 7.30. The van der Waals surface area contributed by atoms with Gasteiger partial charge in [0.15, 0.2) is 0 Å². The first-order chi connectivity index (χ1) is 11.1. The van der Waals surface area contributed by atoms with Crippen LogP contribution in [-0.2, 0) is 6.54 Å². The molecule has 2 heterocycles. The number of piperidine rings is 1. The SMILES string of the molecule is CC[C@@H](C)C[C@H](C)NC(=O)NC1CCN(Cc2cscn2)CC1. The van der Waals surface area contributed by atoms with Gasteiger partial charge < -0.3 is 10.6 Å². The molecule has 2 rings (SSSR count). The van der Waals surface area contributed by atoms with Gasteiger partial charge in [0, 0.05) is 37.1 Å². The highest BCUT2D eigenvalue weighted by molar-refractivity contribution is 7.07. The van der Waals surface area contributed by atoms with Gasteiger partial charge in [-0.05, 0) is 32.1 Å². The van der Waals surface area contributed by atoms with E-state index in [0.717, 1.165) is 51.0 Å². The molecule has 2 amide bonds. The number of likely N-dealkylation sites (tertiary alicyclic amines) is 1. The third kappa shape index (κ3) is 6.47. The predicted molar refractivity (Wildman–Crippen MR) is 95.6 cm³/mol. The molecule has 2 atom stereocenters. The first-order valence-electron chi connectivity index (χ1n) is 8.73. The summed E-state index contributed by atoms with van der Waals surface area (Å²) in [5, 5.41) is 8.31. The monoisotopic (exact) mass is 338 g/mol. The van der Waals surface area contributed by atoms with Crippen LogP contribution >= 0.6 is 11.3 Å². The van der Waals surface area contributed by atoms with Crippen molar-refractivity contribution in [1.82, 2.24) is 20.5 Å². The van der Waals surface area contributed by atoms with Crippen molar-refractivity contribution in [3.8, 4) is 0 Å². The van der Waals surface area contributed by atoms with Crippen LogP contribution in [0.25, 0.3) is 0 Å². The topological polar surface area (TPSA) is 57.3 Å². The molecule has 0 unspecified atom stereocenters. The predicted octanol–water partition coefficient (Wildman–Crippen LogP) is 3.23. The smallest absolute Gasteiger partial charge is 0.315 e. The van der Waals surface area contributed by atoms with Gasteiger partial charge in [0.05, 0.1) is 11.2 Å². The van der Waals surface area contributed by atoms with Crippen LogP contribution in [0.5, 0.6) is 0 Å². The Morgan fingerprint density at radius 1 is 1.43 bits per heavy atom. The van der Waals surface area contributed by atoms with E-state index < -0.39 is 0 Å². The number of carbonyl (C=O) groups excluding carboxylic acids is 1. The first kappa shape index (κ1) is 18.2. The van der Waals surface area contributed by atoms with E-state index in [2.05, 4.69) is 46.7 Å². The molecule has 1 aromatic rings. The first-order valence-corrected chi connectivity index (χ1v) is 9.67. The van der Waals surface area contributed by atoms with Crippen molar-refractivity contribution in [3.05, 3.63) is 16.6 Å². The van der Waals surface area contributed by atoms with Gasteiger partial charge in [-0.1, -0.05) is 20.3 Å². The molecule has 0 saturated carbocycles. The van der Waals surface area contributed by atoms with Crippen LogP contribution in [0.3, 0.4) is 0 Å². The molecule has 1 aliphatic rings. The summed E-state index contributed by atoms with van der Waals surface area (Å²) in [5.74, 6) is 0.652. The summed E-state index contributed by atoms with van der Waals surface area (Å²) in [7, 11) is 0. The quantitative estimate of drug-likeness (QED) is 0.802. The van der Waals surface area contributed by atoms with Crippen molar-refractivity contribution in [3.63, 3.8) is 0 Å². The van der Waals surface area contributed by atoms with E-state index in [-0.39, 0.29) is 18.1 Å². The van der Waals surface area contributed by atoms with Crippen molar-refractivity contribution >= 4 is 17.4 Å². The summed E-state index contributed by atoms with van der Waals surface area (Å²) in [6.45, 7) is 9.47. The van der Waals surface area contributed by atoms with Gasteiger partial charge in [-0.15, -0.1) is 11.3 Å². The molecular formula is C17H30N4OS. The van der Waals surface area contributed by atoms with Gasteiger partial charge in [-0.2, -0.15) is 0 Å². The second-order valence-corrected chi connectivity index (χ2v) is 7.52. The largest absolute Gasteiger partial charge is 0.336 e. The molecule has 1 aromatic heterocycles. The van der Waals surface area contributed by atoms with Crippen molar-refractivity contribution < 1.29 is 4.79 Å². The number of nitrogens with one attached hydrogen (secondary N) is 2. The molecule has 0 aromatic carbocycles. The maximum atomic E-state index is 12.1. The summed E-state index contributed by atoms with van der Waals surface area (Å²) < 4.78 is 0. The van der Waals surface area contributed by atoms with Crippen LogP contribution < -0.4 is 10.6 Å². The summed E-state index contributed by atoms with van der Waals surface area (Å²) in [5.41, 5.74) is 3.03. The van der Waals surface area contributed by atoms with E-state index >= 15 is 0 Å². The van der Waals surface area contributed by atoms with E-state index in [4.69, 9.17) is 0 Å². The highest BCUT2D eigenvalue weighted by Crippen LogP contribution is 2.14. The average molecular weight is 339 g/mol. The standard InChI is InChI=1S/C17H30N4OS/c1-4-13(2)9-14(3)19-17(22)20-15-5-7-21(8-6-15)10-16-11-23-12-18-16/h11-15H,4-10H2,1-3H3,(H2,19,20,22)/t13-,14+/m1/s1. The molecule has 0 bridgehead atoms. The fraction of sp³-hybridized carbons (Fsp3) is 0.765. The highest BCUT2D eigenvalue weighted by Gasteiger charge is 2.21. The minimum Gasteiger partial charge on any atom is -0.336 e. The lowest BCUT2D eigenvalue weighted by Crippen LogP contribution is -2.49. The zero-order valence-electron chi connectivity index (χ0n) is 14.5. The number of amides is 2. The third-order valence-corrected chi connectivity index (χ3v) is 5.26. The summed E-state index contributed by atoms with van der Waals surface area (Å²) in [6, 6.07) is 0.506. The van der Waals surface area contributed by atoms with E-state index in [9.17, 15) is 4.79 Å². The Labute approximate surface area is 143 Å². The lowest BCUT2D eigenvalue weighted by atomic mass is 10.0. The molecule has 1 fully saturated rings. The average Bonchev–Trinajstić information content (AvgIpc) is 3.01. The van der Waals surface area contributed by atoms with Crippen LogP contribution in [0.4, 0.5) is 4.79 Å². The van der Waals surface area contributed by atoms with Crippen molar-refractivity contribution in [2.45, 2.75) is 65.1 Å². The molecule has 0 spiro atoms. The van der Waals surface area contributed by atoms with Crippen molar-refractivity contribution in [1.29, 1.82) is 0 Å². The summed E-state index contributed by atoms with van der Waals surface area (Å²) in [6.07, 6.45) is 4.22. The third-order valence-electron chi connectivity index (χ3n) is 4.62. The van der Waals surface area contributed by atoms with Gasteiger partial charge >= 0.3 is 6.03 Å². The normalized spacial score (nSPS) is 19.3. The lowest BCUT2D eigenvalue weighted by Gasteiger charge is -2.32. The molecule has 6 heteroatoms. The van der Waals surface area contributed by atoms with Crippen molar-refractivity contribution in [2.75, 3.05) is 13.1 Å². The molecule has 2 N–H and O–H groups in total. The fourth-order valence-corrected chi connectivity index (χ4v) is 3.61. The van der Waals surface area contributed by atoms with Crippen LogP contribution in [0, 0.1) is 5.92 Å². The molecule has 1 saturated heterocycles. The zero-order valence-corrected chi connectivity index (χ0v) is 15.4. The fourth-order valence-electron chi connectivity index (χ4n) is 3.06. The number of nitrogens with zero attached hydrogens (tertiary/aromatic N) is 2. The zero-order chi connectivity index (χ0) is 16.7. The Morgan fingerprint density at radius 2 is 2.17 bits per heavy atom. The molecule has 23 heavy (non-hydrogen) atoms. The lowest BCUT2D eigenvalue weighted by molar-refractivity contribution is 0.184. The van der Waals surface area contributed by atoms with Gasteiger partial charge in [0.25, 0.3) is 0 Å². The maximum Gasteiger partial charge on any atom is 0.315 e. The summed E-state index contributed by atoms with van der Waals surface area (Å²) in [4.78, 5) is 18.8. The number of rotatable bonds is 7. The number of urea groups is 1. The van der Waals surface area contributed by atoms with Gasteiger partial charge in [-0.3, -0.25) is 4.90 Å². The molecule has 5 nitrogen and oxygen atoms in total. The number of hydrogen-bond donors (Lipinski definition) is 2. The number of hydrogen-bond acceptors (Lipinski definition) is 4. The van der Waals surface area contributed by atoms with Crippen LogP contribution in [0.2, 0.25) is 0 Å². The van der Waals surface area contributed by atoms with E-state index in [1.807, 2.05) is 5.51 Å². The Bertz CT molecular complexity index is 457. The van der Waals surface area contributed by atoms with Crippen molar-refractivity contribution in [2.24, 2.45) is 5.92 Å². The summed E-state index contributed by atoms with van der Waals surface area (Å²) >= 11 is 1.65. The Morgan fingerprint density at radius 3 is 2.78 bits per heavy atom. The van der Waals surface area contributed by atoms with Gasteiger partial charge in [0.1, 0.15) is 0 Å². The second kappa shape index (κ2) is 9.23. The van der Waals surface area contributed by atoms with Crippen LogP contribution in [0.15, 0.2) is 10.9 Å². The number of thiazole rings is 1. The number of carbonyl (C=O) groups is 1. The molecule has 0 aliphatic carbocycles. The van der Waals surface area contributed by atoms with E-state index in [1.54, 1.807) is 11.3 Å². The number of aromatic nitrogens is 1. The molecule has 0 radical (unpaired) electrons. The minimum atomic E-state index is -0.0150. The molecule has 130 valence electrons. The van der Waals surface area contributed by atoms with E-state index in [0.29, 0.717) is 5.92 Å². The van der Waals surface area contributed by atoms with Gasteiger partial charge in [-0.25, -0.2) is 9.78 Å².